The van der Waals surface area contributed by atoms with Crippen LogP contribution in [0.2, 0.25) is 0 Å². The fourth-order valence-electron chi connectivity index (χ4n) is 9.78. The Morgan fingerprint density at radius 2 is 1.79 bits per heavy atom. The Bertz CT molecular complexity index is 1090. The Balaban J connectivity index is 1.41. The molecule has 1 aromatic carbocycles. The SMILES string of the molecule is CC(=O)[C@H]1CC[C@H]2[C@H]3[C@H]([C@H](O[C@@H]4CCCCO4)C[C@]12C)[C@@]1(C)CCC(=O)C[C@@H]1C[C@H]3OC(=O)c1ccccc1. The first-order valence-electron chi connectivity index (χ1n) is 15.3. The molecular formula is C33H44O6. The van der Waals surface area contributed by atoms with Crippen LogP contribution in [0.1, 0.15) is 95.3 Å². The van der Waals surface area contributed by atoms with E-state index in [2.05, 4.69) is 13.8 Å². The highest BCUT2D eigenvalue weighted by molar-refractivity contribution is 5.89. The molecule has 10 atom stereocenters. The third-order valence-electron chi connectivity index (χ3n) is 11.6. The van der Waals surface area contributed by atoms with Crippen LogP contribution in [-0.4, -0.2) is 42.6 Å². The van der Waals surface area contributed by atoms with Gasteiger partial charge in [0.2, 0.25) is 0 Å². The van der Waals surface area contributed by atoms with Crippen LogP contribution >= 0.6 is 0 Å². The highest BCUT2D eigenvalue weighted by Crippen LogP contribution is 2.68. The number of Topliss-reactive ketones (excluding diaryl/α,β-unsaturated/α-hetero) is 2. The molecule has 0 aromatic heterocycles. The van der Waals surface area contributed by atoms with E-state index in [-0.39, 0.29) is 70.7 Å². The zero-order chi connectivity index (χ0) is 27.4. The minimum absolute atomic E-state index is 0.00855. The average molecular weight is 537 g/mol. The van der Waals surface area contributed by atoms with Crippen LogP contribution in [0.4, 0.5) is 0 Å². The molecule has 1 heterocycles. The van der Waals surface area contributed by atoms with Crippen molar-refractivity contribution in [3.8, 4) is 0 Å². The van der Waals surface area contributed by atoms with Gasteiger partial charge in [0.25, 0.3) is 0 Å². The molecule has 6 rings (SSSR count). The monoisotopic (exact) mass is 536 g/mol. The van der Waals surface area contributed by atoms with Crippen molar-refractivity contribution in [1.82, 2.24) is 0 Å². The Hall–Kier alpha value is -2.05. The third kappa shape index (κ3) is 4.69. The van der Waals surface area contributed by atoms with E-state index in [1.807, 2.05) is 18.2 Å². The number of esters is 1. The Kier molecular flexibility index (Phi) is 7.24. The predicted molar refractivity (Wildman–Crippen MR) is 146 cm³/mol. The third-order valence-corrected chi connectivity index (χ3v) is 11.6. The van der Waals surface area contributed by atoms with Crippen molar-refractivity contribution in [2.45, 2.75) is 103 Å². The molecule has 4 aliphatic carbocycles. The highest BCUT2D eigenvalue weighted by Gasteiger charge is 2.67. The standard InChI is InChI=1S/C33H44O6/c1-20(34)24-12-13-25-29-26(39-31(36)21-9-5-4-6-10-21)18-22-17-23(35)14-15-32(22,2)30(29)27(19-33(24,25)3)38-28-11-7-8-16-37-28/h4-6,9-10,22,24-30H,7-8,11-19H2,1-3H3/t22-,24-,25+,26-,27-,28-,29-,30+,32+,33-/m1/s1. The molecular weight excluding hydrogens is 492 g/mol. The van der Waals surface area contributed by atoms with Gasteiger partial charge in [0.1, 0.15) is 17.7 Å². The van der Waals surface area contributed by atoms with Crippen LogP contribution < -0.4 is 0 Å². The smallest absolute Gasteiger partial charge is 0.338 e. The maximum atomic E-state index is 13.4. The predicted octanol–water partition coefficient (Wildman–Crippen LogP) is 6.16. The van der Waals surface area contributed by atoms with E-state index in [4.69, 9.17) is 14.2 Å². The molecule has 0 spiro atoms. The van der Waals surface area contributed by atoms with E-state index in [9.17, 15) is 14.4 Å². The Morgan fingerprint density at radius 3 is 2.51 bits per heavy atom. The van der Waals surface area contributed by atoms with E-state index in [1.54, 1.807) is 19.1 Å². The van der Waals surface area contributed by atoms with Gasteiger partial charge in [0, 0.05) is 31.3 Å². The number of carbonyl (C=O) groups excluding carboxylic acids is 3. The van der Waals surface area contributed by atoms with Crippen molar-refractivity contribution in [1.29, 1.82) is 0 Å². The second kappa shape index (κ2) is 10.4. The number of benzene rings is 1. The molecule has 0 N–H and O–H groups in total. The molecule has 5 fully saturated rings. The molecule has 0 amide bonds. The summed E-state index contributed by atoms with van der Waals surface area (Å²) in [5.41, 5.74) is 0.262. The summed E-state index contributed by atoms with van der Waals surface area (Å²) in [5, 5.41) is 0. The first kappa shape index (κ1) is 27.1. The molecule has 1 saturated heterocycles. The molecule has 0 bridgehead atoms. The van der Waals surface area contributed by atoms with Gasteiger partial charge in [-0.05, 0) is 99.0 Å². The lowest BCUT2D eigenvalue weighted by Crippen LogP contribution is -2.64. The van der Waals surface area contributed by atoms with Crippen LogP contribution in [0.15, 0.2) is 30.3 Å². The average Bonchev–Trinajstić information content (AvgIpc) is 3.27. The lowest BCUT2D eigenvalue weighted by molar-refractivity contribution is -0.265. The molecule has 39 heavy (non-hydrogen) atoms. The molecule has 0 radical (unpaired) electrons. The zero-order valence-corrected chi connectivity index (χ0v) is 23.7. The minimum Gasteiger partial charge on any atom is -0.458 e. The molecule has 212 valence electrons. The minimum atomic E-state index is -0.305. The molecule has 1 aliphatic heterocycles. The first-order chi connectivity index (χ1) is 18.7. The summed E-state index contributed by atoms with van der Waals surface area (Å²) in [6.45, 7) is 7.12. The second-order valence-electron chi connectivity index (χ2n) is 13.6. The van der Waals surface area contributed by atoms with Crippen LogP contribution in [-0.2, 0) is 23.8 Å². The van der Waals surface area contributed by atoms with Gasteiger partial charge >= 0.3 is 5.97 Å². The maximum absolute atomic E-state index is 13.4. The van der Waals surface area contributed by atoms with Gasteiger partial charge in [-0.15, -0.1) is 0 Å². The summed E-state index contributed by atoms with van der Waals surface area (Å²) in [4.78, 5) is 39.1. The number of ketones is 2. The van der Waals surface area contributed by atoms with Crippen molar-refractivity contribution in [2.24, 2.45) is 40.4 Å². The Labute approximate surface area is 232 Å². The number of rotatable bonds is 5. The van der Waals surface area contributed by atoms with Gasteiger partial charge in [0.15, 0.2) is 6.29 Å². The first-order valence-corrected chi connectivity index (χ1v) is 15.3. The molecule has 0 unspecified atom stereocenters. The lowest BCUT2D eigenvalue weighted by Gasteiger charge is -2.64. The second-order valence-corrected chi connectivity index (χ2v) is 13.6. The molecule has 6 heteroatoms. The topological polar surface area (TPSA) is 78.9 Å². The summed E-state index contributed by atoms with van der Waals surface area (Å²) in [6.07, 6.45) is 7.76. The maximum Gasteiger partial charge on any atom is 0.338 e. The number of ether oxygens (including phenoxy) is 3. The summed E-state index contributed by atoms with van der Waals surface area (Å²) < 4.78 is 19.5. The van der Waals surface area contributed by atoms with E-state index in [0.717, 1.165) is 44.9 Å². The molecule has 1 aromatic rings. The largest absolute Gasteiger partial charge is 0.458 e. The normalized spacial score (nSPS) is 43.6. The number of fused-ring (bicyclic) bond motifs is 5. The van der Waals surface area contributed by atoms with Crippen molar-refractivity contribution < 1.29 is 28.6 Å². The van der Waals surface area contributed by atoms with Gasteiger partial charge in [-0.25, -0.2) is 4.79 Å². The molecule has 4 saturated carbocycles. The van der Waals surface area contributed by atoms with Crippen LogP contribution in [0.25, 0.3) is 0 Å². The van der Waals surface area contributed by atoms with Crippen LogP contribution in [0.5, 0.6) is 0 Å². The fourth-order valence-corrected chi connectivity index (χ4v) is 9.78. The van der Waals surface area contributed by atoms with Gasteiger partial charge in [0.05, 0.1) is 11.7 Å². The van der Waals surface area contributed by atoms with Crippen molar-refractivity contribution >= 4 is 17.5 Å². The van der Waals surface area contributed by atoms with Gasteiger partial charge < -0.3 is 14.2 Å². The number of hydrogen-bond donors (Lipinski definition) is 0. The molecule has 5 aliphatic rings. The van der Waals surface area contributed by atoms with E-state index in [0.29, 0.717) is 37.2 Å². The van der Waals surface area contributed by atoms with Crippen molar-refractivity contribution in [3.05, 3.63) is 35.9 Å². The van der Waals surface area contributed by atoms with E-state index < -0.39 is 0 Å². The summed E-state index contributed by atoms with van der Waals surface area (Å²) in [6, 6.07) is 9.22. The quantitative estimate of drug-likeness (QED) is 0.420. The van der Waals surface area contributed by atoms with E-state index in [1.165, 1.54) is 0 Å². The molecule has 6 nitrogen and oxygen atoms in total. The lowest BCUT2D eigenvalue weighted by atomic mass is 9.43. The number of hydrogen-bond acceptors (Lipinski definition) is 6. The highest BCUT2D eigenvalue weighted by atomic mass is 16.7. The van der Waals surface area contributed by atoms with Crippen molar-refractivity contribution in [2.75, 3.05) is 6.61 Å². The van der Waals surface area contributed by atoms with Gasteiger partial charge in [-0.3, -0.25) is 9.59 Å². The number of carbonyl (C=O) groups is 3. The zero-order valence-electron chi connectivity index (χ0n) is 23.7. The van der Waals surface area contributed by atoms with E-state index >= 15 is 0 Å². The van der Waals surface area contributed by atoms with Gasteiger partial charge in [-0.1, -0.05) is 32.0 Å². The van der Waals surface area contributed by atoms with Crippen LogP contribution in [0, 0.1) is 40.4 Å². The Morgan fingerprint density at radius 1 is 1.00 bits per heavy atom. The summed E-state index contributed by atoms with van der Waals surface area (Å²) >= 11 is 0. The van der Waals surface area contributed by atoms with Crippen molar-refractivity contribution in [3.63, 3.8) is 0 Å². The van der Waals surface area contributed by atoms with Gasteiger partial charge in [-0.2, -0.15) is 0 Å². The van der Waals surface area contributed by atoms with Crippen LogP contribution in [0.3, 0.4) is 0 Å². The fraction of sp³-hybridized carbons (Fsp3) is 0.727. The summed E-state index contributed by atoms with van der Waals surface area (Å²) in [7, 11) is 0. The summed E-state index contributed by atoms with van der Waals surface area (Å²) in [5.74, 6) is 0.921.